The first-order valence-corrected chi connectivity index (χ1v) is 0. The van der Waals surface area contributed by atoms with Gasteiger partial charge in [-0.1, -0.05) is 0 Å². The van der Waals surface area contributed by atoms with Crippen molar-refractivity contribution in [3.05, 3.63) is 0 Å². The minimum absolute atomic E-state index is 0. The fourth-order valence-electron chi connectivity index (χ4n) is 0. The molecular formula is CuFeMgMnNiSi. The van der Waals surface area contributed by atoms with Crippen LogP contribution in [0.15, 0.2) is 0 Å². The van der Waals surface area contributed by atoms with E-state index in [0.29, 0.717) is 0 Å². The Balaban J connectivity index is 0. The van der Waals surface area contributed by atoms with Crippen molar-refractivity contribution in [2.75, 3.05) is 0 Å². The summed E-state index contributed by atoms with van der Waals surface area (Å²) >= 11 is 0. The van der Waals surface area contributed by atoms with E-state index in [2.05, 4.69) is 0 Å². The molecule has 0 nitrogen and oxygen atoms in total. The van der Waals surface area contributed by atoms with Crippen molar-refractivity contribution in [3.8, 4) is 0 Å². The van der Waals surface area contributed by atoms with Gasteiger partial charge in [-0.05, 0) is 0 Å². The van der Waals surface area contributed by atoms with E-state index in [1.165, 1.54) is 0 Å². The molecule has 0 rings (SSSR count). The Labute approximate surface area is 100 Å². The third-order valence-electron chi connectivity index (χ3n) is 0. The van der Waals surface area contributed by atoms with Gasteiger partial charge in [-0.25, -0.2) is 0 Å². The second-order valence-electron chi connectivity index (χ2n) is 0. The van der Waals surface area contributed by atoms with E-state index in [1.807, 2.05) is 0 Å². The largest absolute Gasteiger partial charge is 0 e. The molecule has 0 bridgehead atoms. The Hall–Kier alpha value is 3.04. The van der Waals surface area contributed by atoms with Crippen molar-refractivity contribution < 1.29 is 67.7 Å². The Bertz CT molecular complexity index is 15.5. The summed E-state index contributed by atoms with van der Waals surface area (Å²) in [4.78, 5) is 0. The smallest absolute Gasteiger partial charge is 0 e. The van der Waals surface area contributed by atoms with Crippen molar-refractivity contribution in [2.24, 2.45) is 0 Å². The van der Waals surface area contributed by atoms with Crippen LogP contribution in [0.5, 0.6) is 0 Å². The molecule has 0 atom stereocenters. The van der Waals surface area contributed by atoms with Crippen LogP contribution in [0.3, 0.4) is 0 Å². The maximum atomic E-state index is 0. The quantitative estimate of drug-likeness (QED) is 0.513. The van der Waals surface area contributed by atoms with Crippen LogP contribution in [-0.2, 0) is 67.7 Å². The van der Waals surface area contributed by atoms with Crippen molar-refractivity contribution in [3.63, 3.8) is 0 Å². The molecule has 42 valence electrons. The third-order valence-corrected chi connectivity index (χ3v) is 0. The minimum Gasteiger partial charge on any atom is 0 e. The SMILES string of the molecule is [Cu].[Fe].[Mg].[Mn].[Ni].[Si]. The van der Waals surface area contributed by atoms with Gasteiger partial charge in [-0.2, -0.15) is 0 Å². The van der Waals surface area contributed by atoms with Gasteiger partial charge in [0.25, 0.3) is 0 Å². The molecule has 6 heavy (non-hydrogen) atoms. The van der Waals surface area contributed by atoms with Gasteiger partial charge < -0.3 is 0 Å². The average Bonchev–Trinajstić information content (AvgIpc) is 0. The summed E-state index contributed by atoms with van der Waals surface area (Å²) in [7, 11) is 0. The van der Waals surface area contributed by atoms with Crippen LogP contribution < -0.4 is 0 Å². The summed E-state index contributed by atoms with van der Waals surface area (Å²) < 4.78 is 0. The predicted molar refractivity (Wildman–Crippen MR) is 11.5 cm³/mol. The summed E-state index contributed by atoms with van der Waals surface area (Å²) in [5, 5.41) is 0. The molecule has 0 amide bonds. The van der Waals surface area contributed by atoms with E-state index in [1.54, 1.807) is 0 Å². The number of rotatable bonds is 0. The van der Waals surface area contributed by atoms with Gasteiger partial charge >= 0.3 is 0 Å². The van der Waals surface area contributed by atoms with Crippen LogP contribution in [0.25, 0.3) is 0 Å². The summed E-state index contributed by atoms with van der Waals surface area (Å²) in [6.45, 7) is 0. The van der Waals surface area contributed by atoms with E-state index in [-0.39, 0.29) is 102 Å². The second-order valence-corrected chi connectivity index (χ2v) is 0. The van der Waals surface area contributed by atoms with Gasteiger partial charge in [0.15, 0.2) is 0 Å². The molecule has 0 aromatic carbocycles. The molecule has 0 saturated heterocycles. The van der Waals surface area contributed by atoms with Gasteiger partial charge in [-0.15, -0.1) is 0 Å². The van der Waals surface area contributed by atoms with Gasteiger partial charge in [0.05, 0.1) is 0 Å². The Morgan fingerprint density at radius 3 is 1.00 bits per heavy atom. The van der Waals surface area contributed by atoms with Crippen LogP contribution >= 0.6 is 0 Å². The van der Waals surface area contributed by atoms with Crippen LogP contribution in [0.1, 0.15) is 0 Å². The first-order valence-electron chi connectivity index (χ1n) is 0. The molecule has 0 N–H and O–H groups in total. The fraction of sp³-hybridized carbons (Fsp3) is 0. The first-order chi connectivity index (χ1) is 0. The molecule has 0 aliphatic heterocycles. The zero-order valence-electron chi connectivity index (χ0n) is 2.56. The maximum absolute atomic E-state index is 0. The van der Waals surface area contributed by atoms with E-state index in [0.717, 1.165) is 0 Å². The summed E-state index contributed by atoms with van der Waals surface area (Å²) in [6.07, 6.45) is 0. The molecule has 0 aliphatic rings. The maximum Gasteiger partial charge on any atom is 0 e. The topological polar surface area (TPSA) is 0 Å². The summed E-state index contributed by atoms with van der Waals surface area (Å²) in [5.74, 6) is 0. The molecular weight excluding hydrogens is 285 g/mol. The van der Waals surface area contributed by atoms with Gasteiger partial charge in [0.1, 0.15) is 0 Å². The van der Waals surface area contributed by atoms with Crippen molar-refractivity contribution >= 4 is 34.0 Å². The molecule has 0 aromatic heterocycles. The Kier molecular flexibility index (Phi) is 456. The number of hydrogen-bond acceptors (Lipinski definition) is 0. The minimum atomic E-state index is 0. The fourth-order valence-corrected chi connectivity index (χ4v) is 0. The molecule has 0 heterocycles. The monoisotopic (exact) mass is 284 g/mol. The van der Waals surface area contributed by atoms with E-state index in [9.17, 15) is 0 Å². The van der Waals surface area contributed by atoms with Crippen molar-refractivity contribution in [2.45, 2.75) is 0 Å². The molecule has 0 aromatic rings. The zero-order valence-corrected chi connectivity index (χ0v) is 9.18. The van der Waals surface area contributed by atoms with E-state index < -0.39 is 0 Å². The number of hydrogen-bond donors (Lipinski definition) is 0. The molecule has 0 aliphatic carbocycles. The summed E-state index contributed by atoms with van der Waals surface area (Å²) in [6, 6.07) is 0. The molecule has 0 unspecified atom stereocenters. The zero-order chi connectivity index (χ0) is 0. The Morgan fingerprint density at radius 2 is 1.00 bits per heavy atom. The molecule has 0 saturated carbocycles. The average molecular weight is 285 g/mol. The van der Waals surface area contributed by atoms with Crippen LogP contribution in [0, 0.1) is 0 Å². The molecule has 8 radical (unpaired) electrons. The second kappa shape index (κ2) is 43.2. The molecule has 6 heteroatoms. The first kappa shape index (κ1) is 63.3. The third kappa shape index (κ3) is 27.8. The van der Waals surface area contributed by atoms with Crippen molar-refractivity contribution in [1.82, 2.24) is 0 Å². The normalized spacial score (nSPS) is 0. The summed E-state index contributed by atoms with van der Waals surface area (Å²) in [5.41, 5.74) is 0. The van der Waals surface area contributed by atoms with Gasteiger partial charge in [0, 0.05) is 102 Å². The predicted octanol–water partition coefficient (Wildman–Crippen LogP) is -0.772. The standard InChI is InChI=1S/Cu.Fe.Mg.Mn.Ni.Si. The van der Waals surface area contributed by atoms with Crippen molar-refractivity contribution in [1.29, 1.82) is 0 Å². The molecule has 0 spiro atoms. The van der Waals surface area contributed by atoms with E-state index in [4.69, 9.17) is 0 Å². The van der Waals surface area contributed by atoms with Crippen LogP contribution in [0.2, 0.25) is 0 Å². The molecule has 0 fully saturated rings. The van der Waals surface area contributed by atoms with E-state index >= 15 is 0 Å². The Morgan fingerprint density at radius 1 is 1.00 bits per heavy atom. The van der Waals surface area contributed by atoms with Gasteiger partial charge in [-0.3, -0.25) is 0 Å². The van der Waals surface area contributed by atoms with Gasteiger partial charge in [0.2, 0.25) is 0 Å². The van der Waals surface area contributed by atoms with Crippen LogP contribution in [-0.4, -0.2) is 34.0 Å². The van der Waals surface area contributed by atoms with Crippen LogP contribution in [0.4, 0.5) is 0 Å².